The van der Waals surface area contributed by atoms with Gasteiger partial charge in [0.1, 0.15) is 12.2 Å². The van der Waals surface area contributed by atoms with E-state index in [2.05, 4.69) is 10.1 Å². The van der Waals surface area contributed by atoms with Crippen LogP contribution in [-0.4, -0.2) is 37.4 Å². The third kappa shape index (κ3) is 4.01. The molecule has 1 N–H and O–H groups in total. The zero-order valence-corrected chi connectivity index (χ0v) is 13.9. The molecule has 0 radical (unpaired) electrons. The zero-order valence-electron chi connectivity index (χ0n) is 13.9. The third-order valence-electron chi connectivity index (χ3n) is 4.46. The minimum absolute atomic E-state index is 0.274. The van der Waals surface area contributed by atoms with Crippen molar-refractivity contribution in [1.82, 2.24) is 19.7 Å². The first kappa shape index (κ1) is 17.9. The molecule has 2 atom stereocenters. The molecule has 136 valence electrons. The second-order valence-corrected chi connectivity index (χ2v) is 6.36. The number of hydrogen-bond donors (Lipinski definition) is 1. The molecule has 0 spiro atoms. The first-order chi connectivity index (χ1) is 11.9. The normalized spacial score (nSPS) is 21.8. The number of halogens is 3. The van der Waals surface area contributed by atoms with E-state index in [-0.39, 0.29) is 6.04 Å². The van der Waals surface area contributed by atoms with Crippen LogP contribution in [-0.2, 0) is 19.3 Å². The molecule has 1 fully saturated rings. The van der Waals surface area contributed by atoms with Crippen LogP contribution in [0.2, 0.25) is 0 Å². The van der Waals surface area contributed by atoms with E-state index in [1.165, 1.54) is 18.5 Å². The van der Waals surface area contributed by atoms with E-state index < -0.39 is 17.8 Å². The maximum Gasteiger partial charge on any atom is 0.416 e. The monoisotopic (exact) mass is 354 g/mol. The minimum atomic E-state index is -4.38. The molecule has 0 aliphatic carbocycles. The summed E-state index contributed by atoms with van der Waals surface area (Å²) in [6, 6.07) is 5.07. The van der Waals surface area contributed by atoms with Gasteiger partial charge in [-0.1, -0.05) is 19.1 Å². The van der Waals surface area contributed by atoms with Crippen LogP contribution in [0.5, 0.6) is 0 Å². The molecule has 1 saturated heterocycles. The van der Waals surface area contributed by atoms with Crippen molar-refractivity contribution < 1.29 is 18.3 Å². The molecule has 1 aromatic carbocycles. The summed E-state index contributed by atoms with van der Waals surface area (Å²) in [5.41, 5.74) is -0.103. The standard InChI is InChI=1S/C17H21F3N4O/c1-2-6-24-16(21-11-22-24)10-23-9-14(25)8-15(23)12-4-3-5-13(7-12)17(18,19)20/h3-5,7,11,14-15,25H,2,6,8-10H2,1H3. The van der Waals surface area contributed by atoms with E-state index in [0.717, 1.165) is 24.9 Å². The Morgan fingerprint density at radius 3 is 2.84 bits per heavy atom. The Balaban J connectivity index is 1.84. The van der Waals surface area contributed by atoms with Gasteiger partial charge in [0.2, 0.25) is 0 Å². The predicted molar refractivity (Wildman–Crippen MR) is 85.5 cm³/mol. The number of aromatic nitrogens is 3. The quantitative estimate of drug-likeness (QED) is 0.897. The van der Waals surface area contributed by atoms with Crippen LogP contribution < -0.4 is 0 Å². The SMILES string of the molecule is CCCn1ncnc1CN1CC(O)CC1c1cccc(C(F)(F)F)c1. The summed E-state index contributed by atoms with van der Waals surface area (Å²) in [6.07, 6.45) is -2.14. The van der Waals surface area contributed by atoms with Gasteiger partial charge >= 0.3 is 6.18 Å². The summed E-state index contributed by atoms with van der Waals surface area (Å²) in [5, 5.41) is 14.2. The van der Waals surface area contributed by atoms with E-state index in [0.29, 0.717) is 25.1 Å². The van der Waals surface area contributed by atoms with Crippen molar-refractivity contribution in [3.8, 4) is 0 Å². The van der Waals surface area contributed by atoms with Crippen molar-refractivity contribution in [2.75, 3.05) is 6.54 Å². The minimum Gasteiger partial charge on any atom is -0.392 e. The Kier molecular flexibility index (Phi) is 5.10. The molecule has 5 nitrogen and oxygen atoms in total. The number of nitrogens with zero attached hydrogens (tertiary/aromatic N) is 4. The van der Waals surface area contributed by atoms with E-state index >= 15 is 0 Å². The predicted octanol–water partition coefficient (Wildman–Crippen LogP) is 3.01. The van der Waals surface area contributed by atoms with Crippen LogP contribution in [0.3, 0.4) is 0 Å². The Hall–Kier alpha value is -1.93. The average Bonchev–Trinajstić information content (AvgIpc) is 3.14. The van der Waals surface area contributed by atoms with Crippen molar-refractivity contribution in [1.29, 1.82) is 0 Å². The Morgan fingerprint density at radius 2 is 2.12 bits per heavy atom. The van der Waals surface area contributed by atoms with Gasteiger partial charge in [0, 0.05) is 19.1 Å². The summed E-state index contributed by atoms with van der Waals surface area (Å²) in [6.45, 7) is 3.62. The summed E-state index contributed by atoms with van der Waals surface area (Å²) in [4.78, 5) is 6.23. The number of likely N-dealkylation sites (tertiary alicyclic amines) is 1. The molecule has 1 aromatic heterocycles. The molecule has 1 aliphatic heterocycles. The molecule has 3 rings (SSSR count). The summed E-state index contributed by atoms with van der Waals surface area (Å²) < 4.78 is 40.8. The molecule has 25 heavy (non-hydrogen) atoms. The lowest BCUT2D eigenvalue weighted by Gasteiger charge is -2.24. The summed E-state index contributed by atoms with van der Waals surface area (Å²) in [5.74, 6) is 0.757. The second-order valence-electron chi connectivity index (χ2n) is 6.36. The fourth-order valence-corrected chi connectivity index (χ4v) is 3.31. The van der Waals surface area contributed by atoms with E-state index in [4.69, 9.17) is 0 Å². The number of benzene rings is 1. The molecule has 0 amide bonds. The third-order valence-corrected chi connectivity index (χ3v) is 4.46. The highest BCUT2D eigenvalue weighted by atomic mass is 19.4. The Bertz CT molecular complexity index is 716. The van der Waals surface area contributed by atoms with E-state index in [1.54, 1.807) is 10.7 Å². The lowest BCUT2D eigenvalue weighted by atomic mass is 10.0. The lowest BCUT2D eigenvalue weighted by Crippen LogP contribution is -2.26. The van der Waals surface area contributed by atoms with Gasteiger partial charge in [0.15, 0.2) is 0 Å². The van der Waals surface area contributed by atoms with Crippen LogP contribution in [0.15, 0.2) is 30.6 Å². The molecular formula is C17H21F3N4O. The Labute approximate surface area is 144 Å². The van der Waals surface area contributed by atoms with E-state index in [1.807, 2.05) is 11.8 Å². The van der Waals surface area contributed by atoms with Gasteiger partial charge in [-0.15, -0.1) is 0 Å². The van der Waals surface area contributed by atoms with Gasteiger partial charge in [-0.05, 0) is 30.5 Å². The number of rotatable bonds is 5. The molecular weight excluding hydrogens is 333 g/mol. The number of aliphatic hydroxyl groups excluding tert-OH is 1. The fraction of sp³-hybridized carbons (Fsp3) is 0.529. The zero-order chi connectivity index (χ0) is 18.0. The summed E-state index contributed by atoms with van der Waals surface area (Å²) in [7, 11) is 0. The topological polar surface area (TPSA) is 54.2 Å². The number of aryl methyl sites for hydroxylation is 1. The molecule has 0 saturated carbocycles. The molecule has 2 heterocycles. The van der Waals surface area contributed by atoms with Crippen LogP contribution >= 0.6 is 0 Å². The molecule has 0 bridgehead atoms. The van der Waals surface area contributed by atoms with Crippen LogP contribution in [0.25, 0.3) is 0 Å². The first-order valence-corrected chi connectivity index (χ1v) is 8.34. The van der Waals surface area contributed by atoms with Crippen LogP contribution in [0, 0.1) is 0 Å². The lowest BCUT2D eigenvalue weighted by molar-refractivity contribution is -0.137. The number of β-amino-alcohol motifs (C(OH)–C–C–N with tert-alkyl or cyclic N) is 1. The van der Waals surface area contributed by atoms with Gasteiger partial charge in [-0.2, -0.15) is 18.3 Å². The second kappa shape index (κ2) is 7.13. The maximum absolute atomic E-state index is 13.0. The molecule has 2 aromatic rings. The maximum atomic E-state index is 13.0. The summed E-state index contributed by atoms with van der Waals surface area (Å²) >= 11 is 0. The van der Waals surface area contributed by atoms with Gasteiger partial charge < -0.3 is 5.11 Å². The van der Waals surface area contributed by atoms with Crippen LogP contribution in [0.4, 0.5) is 13.2 Å². The van der Waals surface area contributed by atoms with Gasteiger partial charge in [0.05, 0.1) is 18.2 Å². The van der Waals surface area contributed by atoms with Crippen molar-refractivity contribution in [2.45, 2.75) is 51.2 Å². The highest BCUT2D eigenvalue weighted by Gasteiger charge is 2.35. The van der Waals surface area contributed by atoms with Crippen molar-refractivity contribution >= 4 is 0 Å². The average molecular weight is 354 g/mol. The number of aliphatic hydroxyl groups is 1. The van der Waals surface area contributed by atoms with E-state index in [9.17, 15) is 18.3 Å². The fourth-order valence-electron chi connectivity index (χ4n) is 3.31. The van der Waals surface area contributed by atoms with Crippen LogP contribution in [0.1, 0.15) is 42.8 Å². The smallest absolute Gasteiger partial charge is 0.392 e. The Morgan fingerprint density at radius 1 is 1.32 bits per heavy atom. The number of hydrogen-bond acceptors (Lipinski definition) is 4. The van der Waals surface area contributed by atoms with Crippen molar-refractivity contribution in [3.05, 3.63) is 47.5 Å². The van der Waals surface area contributed by atoms with Gasteiger partial charge in [-0.3, -0.25) is 4.90 Å². The highest BCUT2D eigenvalue weighted by Crippen LogP contribution is 2.36. The molecule has 2 unspecified atom stereocenters. The highest BCUT2D eigenvalue weighted by molar-refractivity contribution is 5.29. The van der Waals surface area contributed by atoms with Crippen molar-refractivity contribution in [2.24, 2.45) is 0 Å². The van der Waals surface area contributed by atoms with Gasteiger partial charge in [-0.25, -0.2) is 9.67 Å². The first-order valence-electron chi connectivity index (χ1n) is 8.34. The van der Waals surface area contributed by atoms with Gasteiger partial charge in [0.25, 0.3) is 0 Å². The molecule has 1 aliphatic rings. The number of alkyl halides is 3. The molecule has 8 heteroatoms. The largest absolute Gasteiger partial charge is 0.416 e. The van der Waals surface area contributed by atoms with Crippen molar-refractivity contribution in [3.63, 3.8) is 0 Å².